The molecule has 0 heterocycles. The van der Waals surface area contributed by atoms with Crippen LogP contribution >= 0.6 is 0 Å². The lowest BCUT2D eigenvalue weighted by molar-refractivity contribution is 0.0939. The molecule has 2 aromatic carbocycles. The van der Waals surface area contributed by atoms with Crippen LogP contribution in [-0.4, -0.2) is 20.1 Å². The Morgan fingerprint density at radius 3 is 2.41 bits per heavy atom. The smallest absolute Gasteiger partial charge is 0.252 e. The molecular weight excluding hydrogens is 362 g/mol. The van der Waals surface area contributed by atoms with E-state index >= 15 is 0 Å². The number of hydrogen-bond acceptors (Lipinski definition) is 3. The first-order chi connectivity index (χ1) is 13.9. The highest BCUT2D eigenvalue weighted by Gasteiger charge is 2.18. The topological polar surface area (TPSA) is 47.6 Å². The zero-order valence-electron chi connectivity index (χ0n) is 18.7. The SMILES string of the molecule is CCCCCC(C)c1cccc(C(=O)N[C@H](C)c2ccc(OC)c(OC)c2)c1C. The maximum absolute atomic E-state index is 13.0. The van der Waals surface area contributed by atoms with Crippen molar-refractivity contribution in [1.29, 1.82) is 0 Å². The first kappa shape index (κ1) is 22.8. The van der Waals surface area contributed by atoms with Crippen molar-refractivity contribution < 1.29 is 14.3 Å². The average Bonchev–Trinajstić information content (AvgIpc) is 2.73. The lowest BCUT2D eigenvalue weighted by atomic mass is 9.89. The molecule has 0 aliphatic rings. The summed E-state index contributed by atoms with van der Waals surface area (Å²) >= 11 is 0. The van der Waals surface area contributed by atoms with Crippen LogP contribution in [0.1, 0.15) is 85.5 Å². The lowest BCUT2D eigenvalue weighted by Gasteiger charge is -2.20. The van der Waals surface area contributed by atoms with Crippen LogP contribution in [-0.2, 0) is 0 Å². The summed E-state index contributed by atoms with van der Waals surface area (Å²) in [7, 11) is 3.23. The average molecular weight is 398 g/mol. The Morgan fingerprint density at radius 2 is 1.76 bits per heavy atom. The fourth-order valence-electron chi connectivity index (χ4n) is 3.77. The third-order valence-corrected chi connectivity index (χ3v) is 5.65. The van der Waals surface area contributed by atoms with Gasteiger partial charge in [0.25, 0.3) is 5.91 Å². The highest BCUT2D eigenvalue weighted by molar-refractivity contribution is 5.96. The molecule has 0 aromatic heterocycles. The van der Waals surface area contributed by atoms with Gasteiger partial charge in [-0.1, -0.05) is 51.3 Å². The van der Waals surface area contributed by atoms with Gasteiger partial charge in [0.2, 0.25) is 0 Å². The quantitative estimate of drug-likeness (QED) is 0.486. The third-order valence-electron chi connectivity index (χ3n) is 5.65. The molecular formula is C25H35NO3. The Hall–Kier alpha value is -2.49. The molecule has 0 saturated heterocycles. The molecule has 0 spiro atoms. The molecule has 0 saturated carbocycles. The summed E-state index contributed by atoms with van der Waals surface area (Å²) in [4.78, 5) is 13.0. The first-order valence-corrected chi connectivity index (χ1v) is 10.5. The predicted molar refractivity (Wildman–Crippen MR) is 119 cm³/mol. The van der Waals surface area contributed by atoms with Gasteiger partial charge in [0, 0.05) is 5.56 Å². The summed E-state index contributed by atoms with van der Waals surface area (Å²) in [6.45, 7) is 8.51. The van der Waals surface area contributed by atoms with Gasteiger partial charge in [-0.2, -0.15) is 0 Å². The molecule has 4 heteroatoms. The number of hydrogen-bond donors (Lipinski definition) is 1. The van der Waals surface area contributed by atoms with Crippen LogP contribution in [0.2, 0.25) is 0 Å². The van der Waals surface area contributed by atoms with E-state index in [1.807, 2.05) is 37.3 Å². The zero-order chi connectivity index (χ0) is 21.4. The summed E-state index contributed by atoms with van der Waals surface area (Å²) in [5.41, 5.74) is 4.07. The largest absolute Gasteiger partial charge is 0.493 e. The number of carbonyl (C=O) groups excluding carboxylic acids is 1. The Balaban J connectivity index is 2.15. The molecule has 2 rings (SSSR count). The minimum Gasteiger partial charge on any atom is -0.493 e. The Morgan fingerprint density at radius 1 is 1.03 bits per heavy atom. The van der Waals surface area contributed by atoms with E-state index in [4.69, 9.17) is 9.47 Å². The summed E-state index contributed by atoms with van der Waals surface area (Å²) in [5, 5.41) is 3.13. The monoisotopic (exact) mass is 397 g/mol. The fraction of sp³-hybridized carbons (Fsp3) is 0.480. The van der Waals surface area contributed by atoms with Gasteiger partial charge in [-0.25, -0.2) is 0 Å². The van der Waals surface area contributed by atoms with Crippen molar-refractivity contribution in [2.24, 2.45) is 0 Å². The molecule has 29 heavy (non-hydrogen) atoms. The molecule has 1 amide bonds. The van der Waals surface area contributed by atoms with E-state index in [0.29, 0.717) is 17.4 Å². The number of ether oxygens (including phenoxy) is 2. The Bertz CT molecular complexity index is 816. The van der Waals surface area contributed by atoms with E-state index < -0.39 is 0 Å². The highest BCUT2D eigenvalue weighted by Crippen LogP contribution is 2.30. The van der Waals surface area contributed by atoms with Crippen molar-refractivity contribution in [3.8, 4) is 11.5 Å². The van der Waals surface area contributed by atoms with Gasteiger partial charge in [-0.3, -0.25) is 4.79 Å². The van der Waals surface area contributed by atoms with Crippen LogP contribution in [0.25, 0.3) is 0 Å². The normalized spacial score (nSPS) is 12.9. The van der Waals surface area contributed by atoms with Crippen LogP contribution in [0.4, 0.5) is 0 Å². The fourth-order valence-corrected chi connectivity index (χ4v) is 3.77. The molecule has 0 radical (unpaired) electrons. The minimum absolute atomic E-state index is 0.0487. The second kappa shape index (κ2) is 10.9. The molecule has 158 valence electrons. The second-order valence-electron chi connectivity index (χ2n) is 7.73. The van der Waals surface area contributed by atoms with Gasteiger partial charge in [0.1, 0.15) is 0 Å². The van der Waals surface area contributed by atoms with Gasteiger partial charge >= 0.3 is 0 Å². The summed E-state index contributed by atoms with van der Waals surface area (Å²) in [6.07, 6.45) is 4.86. The van der Waals surface area contributed by atoms with Crippen molar-refractivity contribution in [3.05, 3.63) is 58.7 Å². The van der Waals surface area contributed by atoms with Crippen molar-refractivity contribution >= 4 is 5.91 Å². The molecule has 0 bridgehead atoms. The van der Waals surface area contributed by atoms with E-state index in [1.165, 1.54) is 24.8 Å². The van der Waals surface area contributed by atoms with Crippen molar-refractivity contribution in [1.82, 2.24) is 5.32 Å². The molecule has 1 unspecified atom stereocenters. The predicted octanol–water partition coefficient (Wildman–Crippen LogP) is 6.19. The van der Waals surface area contributed by atoms with Crippen LogP contribution < -0.4 is 14.8 Å². The summed E-state index contributed by atoms with van der Waals surface area (Å²) in [6, 6.07) is 11.6. The molecule has 2 aromatic rings. The van der Waals surface area contributed by atoms with Crippen LogP contribution in [0, 0.1) is 6.92 Å². The van der Waals surface area contributed by atoms with E-state index in [1.54, 1.807) is 14.2 Å². The molecule has 0 aliphatic heterocycles. The van der Waals surface area contributed by atoms with Crippen LogP contribution in [0.3, 0.4) is 0 Å². The maximum Gasteiger partial charge on any atom is 0.252 e. The van der Waals surface area contributed by atoms with Gasteiger partial charge in [0.05, 0.1) is 20.3 Å². The number of nitrogens with one attached hydrogen (secondary N) is 1. The molecule has 1 N–H and O–H groups in total. The Kier molecular flexibility index (Phi) is 8.56. The van der Waals surface area contributed by atoms with Gasteiger partial charge in [0.15, 0.2) is 11.5 Å². The molecule has 0 aliphatic carbocycles. The molecule has 0 fully saturated rings. The van der Waals surface area contributed by atoms with Gasteiger partial charge < -0.3 is 14.8 Å². The number of rotatable bonds is 10. The Labute approximate surface area is 175 Å². The van der Waals surface area contributed by atoms with Crippen LogP contribution in [0.15, 0.2) is 36.4 Å². The van der Waals surface area contributed by atoms with Crippen molar-refractivity contribution in [2.75, 3.05) is 14.2 Å². The van der Waals surface area contributed by atoms with E-state index in [-0.39, 0.29) is 11.9 Å². The van der Waals surface area contributed by atoms with Gasteiger partial charge in [-0.05, 0) is 61.1 Å². The number of benzene rings is 2. The minimum atomic E-state index is -0.146. The number of unbranched alkanes of at least 4 members (excludes halogenated alkanes) is 2. The summed E-state index contributed by atoms with van der Waals surface area (Å²) in [5.74, 6) is 1.74. The van der Waals surface area contributed by atoms with E-state index in [2.05, 4.69) is 32.2 Å². The second-order valence-corrected chi connectivity index (χ2v) is 7.73. The number of carbonyl (C=O) groups is 1. The maximum atomic E-state index is 13.0. The first-order valence-electron chi connectivity index (χ1n) is 10.5. The lowest BCUT2D eigenvalue weighted by Crippen LogP contribution is -2.27. The molecule has 4 nitrogen and oxygen atoms in total. The third kappa shape index (κ3) is 5.75. The van der Waals surface area contributed by atoms with E-state index in [9.17, 15) is 4.79 Å². The highest BCUT2D eigenvalue weighted by atomic mass is 16.5. The number of methoxy groups -OCH3 is 2. The summed E-state index contributed by atoms with van der Waals surface area (Å²) < 4.78 is 10.7. The van der Waals surface area contributed by atoms with Crippen molar-refractivity contribution in [2.45, 2.75) is 65.3 Å². The van der Waals surface area contributed by atoms with Gasteiger partial charge in [-0.15, -0.1) is 0 Å². The standard InChI is InChI=1S/C25H35NO3/c1-7-8-9-11-17(2)21-12-10-13-22(18(21)3)25(27)26-19(4)20-14-15-23(28-5)24(16-20)29-6/h10,12-17,19H,7-9,11H2,1-6H3,(H,26,27)/t17?,19-/m1/s1. The zero-order valence-corrected chi connectivity index (χ0v) is 18.7. The van der Waals surface area contributed by atoms with E-state index in [0.717, 1.165) is 23.1 Å². The van der Waals surface area contributed by atoms with Crippen molar-refractivity contribution in [3.63, 3.8) is 0 Å². The number of amides is 1. The molecule has 2 atom stereocenters. The van der Waals surface area contributed by atoms with Crippen LogP contribution in [0.5, 0.6) is 11.5 Å².